The molecule has 3 aromatic rings. The third-order valence-corrected chi connectivity index (χ3v) is 15.8. The van der Waals surface area contributed by atoms with E-state index in [0.29, 0.717) is 248 Å². The summed E-state index contributed by atoms with van der Waals surface area (Å²) >= 11 is 0. The van der Waals surface area contributed by atoms with Crippen LogP contribution >= 0.6 is 0 Å². The van der Waals surface area contributed by atoms with Gasteiger partial charge in [-0.3, -0.25) is 38.9 Å². The lowest BCUT2D eigenvalue weighted by atomic mass is 10.1. The number of amides is 5. The lowest BCUT2D eigenvalue weighted by Crippen LogP contribution is -2.35. The Morgan fingerprint density at radius 3 is 1.30 bits per heavy atom. The van der Waals surface area contributed by atoms with Crippen LogP contribution in [-0.4, -0.2) is 267 Å². The van der Waals surface area contributed by atoms with E-state index in [1.165, 1.54) is 31.3 Å². The number of hydrogen-bond donors (Lipinski definition) is 1. The van der Waals surface area contributed by atoms with Crippen LogP contribution in [-0.2, 0) is 84.5 Å². The van der Waals surface area contributed by atoms with E-state index in [1.54, 1.807) is 52.7 Å². The molecule has 0 radical (unpaired) electrons. The molecule has 0 saturated carbocycles. The molecule has 0 aromatic heterocycles. The number of fused-ring (bicyclic) bond motifs is 4. The normalized spacial score (nSPS) is 16.2. The van der Waals surface area contributed by atoms with E-state index >= 15 is 0 Å². The summed E-state index contributed by atoms with van der Waals surface area (Å²) in [4.78, 5) is 82.0. The van der Waals surface area contributed by atoms with Gasteiger partial charge in [0, 0.05) is 69.3 Å². The molecular weight excluding hydrogens is 1290 g/mol. The lowest BCUT2D eigenvalue weighted by molar-refractivity contribution is -0.137. The number of benzene rings is 3. The number of hydrogen-bond acceptors (Lipinski definition) is 24. The van der Waals surface area contributed by atoms with E-state index in [2.05, 4.69) is 33.6 Å². The van der Waals surface area contributed by atoms with Gasteiger partial charge in [-0.15, -0.1) is 0 Å². The summed E-state index contributed by atoms with van der Waals surface area (Å²) in [6, 6.07) is 12.3. The molecule has 28 heteroatoms. The third kappa shape index (κ3) is 26.2. The minimum Gasteiger partial charge on any atom is -0.493 e. The summed E-state index contributed by atoms with van der Waals surface area (Å²) in [7, 11) is 3.05. The lowest BCUT2D eigenvalue weighted by Gasteiger charge is -2.20. The van der Waals surface area contributed by atoms with Gasteiger partial charge in [0.05, 0.1) is 200 Å². The maximum absolute atomic E-state index is 13.6. The number of nitrogens with zero attached hydrogens (tertiary/aromatic N) is 6. The summed E-state index contributed by atoms with van der Waals surface area (Å²) in [6.45, 7) is 19.6. The van der Waals surface area contributed by atoms with Gasteiger partial charge in [-0.1, -0.05) is 35.9 Å². The Bertz CT molecular complexity index is 3080. The Morgan fingerprint density at radius 1 is 0.505 bits per heavy atom. The van der Waals surface area contributed by atoms with Crippen LogP contribution in [0.25, 0.3) is 0 Å². The van der Waals surface area contributed by atoms with Crippen molar-refractivity contribution in [3.8, 4) is 23.0 Å². The Morgan fingerprint density at radius 2 is 0.899 bits per heavy atom. The molecule has 1 N–H and O–H groups in total. The number of rotatable bonds is 52. The van der Waals surface area contributed by atoms with Gasteiger partial charge in [-0.25, -0.2) is 0 Å². The molecular formula is C71H95N7O21. The summed E-state index contributed by atoms with van der Waals surface area (Å²) in [5.41, 5.74) is 6.04. The highest BCUT2D eigenvalue weighted by molar-refractivity contribution is 6.13. The largest absolute Gasteiger partial charge is 0.493 e. The van der Waals surface area contributed by atoms with Crippen LogP contribution in [0.3, 0.4) is 0 Å². The van der Waals surface area contributed by atoms with Gasteiger partial charge < -0.3 is 91.0 Å². The van der Waals surface area contributed by atoms with Crippen molar-refractivity contribution in [1.29, 1.82) is 0 Å². The quantitative estimate of drug-likeness (QED) is 0.0224. The molecule has 2 atom stereocenters. The van der Waals surface area contributed by atoms with Crippen LogP contribution in [0, 0.1) is 0 Å². The highest BCUT2D eigenvalue weighted by atomic mass is 16.6. The third-order valence-electron chi connectivity index (χ3n) is 15.8. The Kier molecular flexibility index (Phi) is 33.7. The fourth-order valence-corrected chi connectivity index (χ4v) is 10.8. The van der Waals surface area contributed by atoms with Gasteiger partial charge in [-0.05, 0) is 72.7 Å². The fourth-order valence-electron chi connectivity index (χ4n) is 10.8. The molecule has 2 saturated heterocycles. The predicted octanol–water partition coefficient (Wildman–Crippen LogP) is 5.97. The zero-order chi connectivity index (χ0) is 69.7. The van der Waals surface area contributed by atoms with Crippen LogP contribution in [0.15, 0.2) is 94.1 Å². The Hall–Kier alpha value is -8.00. The van der Waals surface area contributed by atoms with Crippen LogP contribution in [0.2, 0.25) is 0 Å². The maximum Gasteiger partial charge on any atom is 0.257 e. The molecule has 0 unspecified atom stereocenters. The molecule has 3 aromatic carbocycles. The smallest absolute Gasteiger partial charge is 0.257 e. The first kappa shape index (κ1) is 76.7. The Labute approximate surface area is 578 Å². The molecule has 28 nitrogen and oxygen atoms in total. The van der Waals surface area contributed by atoms with E-state index in [4.69, 9.17) is 75.9 Å². The number of carbonyl (C=O) groups is 5. The van der Waals surface area contributed by atoms with E-state index in [0.717, 1.165) is 28.7 Å². The van der Waals surface area contributed by atoms with E-state index in [1.807, 2.05) is 18.2 Å². The second kappa shape index (κ2) is 43.5. The van der Waals surface area contributed by atoms with Gasteiger partial charge in [0.15, 0.2) is 23.0 Å². The van der Waals surface area contributed by atoms with Crippen LogP contribution in [0.5, 0.6) is 23.0 Å². The van der Waals surface area contributed by atoms with Crippen molar-refractivity contribution in [2.75, 3.05) is 192 Å². The maximum atomic E-state index is 13.6. The number of oxime groups is 1. The predicted molar refractivity (Wildman–Crippen MR) is 364 cm³/mol. The number of ether oxygens (including phenoxy) is 15. The zero-order valence-electron chi connectivity index (χ0n) is 57.0. The number of aliphatic imine (C=N–C) groups is 2. The van der Waals surface area contributed by atoms with Gasteiger partial charge in [0.1, 0.15) is 19.8 Å². The van der Waals surface area contributed by atoms with Crippen molar-refractivity contribution in [3.05, 3.63) is 107 Å². The van der Waals surface area contributed by atoms with E-state index in [-0.39, 0.29) is 68.0 Å². The summed E-state index contributed by atoms with van der Waals surface area (Å²) < 4.78 is 85.4. The first-order chi connectivity index (χ1) is 48.5. The first-order valence-corrected chi connectivity index (χ1v) is 33.6. The fraction of sp³-hybridized carbons (Fsp3) is 0.549. The molecule has 5 heterocycles. The molecule has 5 aliphatic rings. The first-order valence-electron chi connectivity index (χ1n) is 33.6. The number of methoxy groups -OCH3 is 2. The van der Waals surface area contributed by atoms with Gasteiger partial charge in [0.25, 0.3) is 23.6 Å². The van der Waals surface area contributed by atoms with Gasteiger partial charge in [0.2, 0.25) is 5.91 Å². The van der Waals surface area contributed by atoms with E-state index in [9.17, 15) is 24.0 Å². The van der Waals surface area contributed by atoms with E-state index < -0.39 is 0 Å². The topological polar surface area (TPSA) is 292 Å². The number of imide groups is 1. The molecule has 2 fully saturated rings. The second-order valence-corrected chi connectivity index (χ2v) is 23.3. The van der Waals surface area contributed by atoms with Crippen molar-refractivity contribution >= 4 is 59.6 Å². The zero-order valence-corrected chi connectivity index (χ0v) is 57.0. The molecule has 8 rings (SSSR count). The number of nitrogens with one attached hydrogen (secondary N) is 1. The SMILES string of the molecule is C=C1C[C@H]2C=Nc3cc(OCc4cc(/C=N/OCCOCCOCCOCCOCCOCCOCCOCCOCCOCCOCCOCCNC(=O)CCCCCN5C(=O)C=CC5=O)cc(COc5cc6c(cc5OC)C(=O)N5CC(=C)C[C@H]5C=N6)c4)c(OC)cc3C(=O)N2C1. The van der Waals surface area contributed by atoms with Gasteiger partial charge >= 0.3 is 0 Å². The van der Waals surface area contributed by atoms with Crippen molar-refractivity contribution in [3.63, 3.8) is 0 Å². The number of carbonyl (C=O) groups excluding carboxylic acids is 5. The molecule has 0 aliphatic carbocycles. The summed E-state index contributed by atoms with van der Waals surface area (Å²) in [5.74, 6) is 0.707. The van der Waals surface area contributed by atoms with Crippen molar-refractivity contribution in [2.45, 2.75) is 63.8 Å². The number of unbranched alkanes of at least 4 members (excludes halogenated alkanes) is 2. The van der Waals surface area contributed by atoms with Crippen molar-refractivity contribution < 1.29 is 99.9 Å². The highest BCUT2D eigenvalue weighted by Gasteiger charge is 2.36. The van der Waals surface area contributed by atoms with Crippen molar-refractivity contribution in [1.82, 2.24) is 20.0 Å². The molecule has 0 spiro atoms. The molecule has 99 heavy (non-hydrogen) atoms. The van der Waals surface area contributed by atoms with Crippen LogP contribution < -0.4 is 24.3 Å². The summed E-state index contributed by atoms with van der Waals surface area (Å²) in [6.07, 6.45) is 11.5. The Balaban J connectivity index is 0.595. The minimum absolute atomic E-state index is 0.0542. The molecule has 540 valence electrons. The van der Waals surface area contributed by atoms with Crippen LogP contribution in [0.4, 0.5) is 11.4 Å². The monoisotopic (exact) mass is 1380 g/mol. The summed E-state index contributed by atoms with van der Waals surface area (Å²) in [5, 5.41) is 7.04. The molecule has 0 bridgehead atoms. The van der Waals surface area contributed by atoms with Crippen LogP contribution in [0.1, 0.15) is 75.9 Å². The van der Waals surface area contributed by atoms with Crippen molar-refractivity contribution in [2.24, 2.45) is 15.1 Å². The highest BCUT2D eigenvalue weighted by Crippen LogP contribution is 2.41. The second-order valence-electron chi connectivity index (χ2n) is 23.3. The molecule has 5 aliphatic heterocycles. The average Bonchev–Trinajstić information content (AvgIpc) is 1.31. The standard InChI is InChI=1S/C71H95N7O21/c1-52-36-57-46-73-61-43-65(63(84-3)41-59(61)70(82)77(57)48-52)97-50-55-38-54(39-56(40-55)51-98-66-44-62-60(42-64(66)85-4)71(83)78-49-53(2)37-58(78)47-74-62)45-75-99-35-34-96-33-32-95-31-30-94-29-28-93-27-26-92-25-24-91-23-22-90-21-20-89-19-18-88-17-16-87-15-14-86-13-11-72-67(79)8-6-5-7-12-76-68(80)9-10-69(76)81/h9-10,38-47,57-58H,1-2,5-8,11-37,48-51H2,3-4H3,(H,72,79)/b75-45+/t57-,58-/m0/s1. The molecule has 5 amide bonds. The van der Waals surface area contributed by atoms with Gasteiger partial charge in [-0.2, -0.15) is 0 Å². The minimum atomic E-state index is -0.280. The average molecular weight is 1380 g/mol.